The van der Waals surface area contributed by atoms with E-state index in [1.165, 1.54) is 0 Å². The quantitative estimate of drug-likeness (QED) is 0.578. The summed E-state index contributed by atoms with van der Waals surface area (Å²) in [5.41, 5.74) is 0.984. The molecular weight excluding hydrogens is 348 g/mol. The molecule has 2 N–H and O–H groups in total. The Hall–Kier alpha value is -1.31. The summed E-state index contributed by atoms with van der Waals surface area (Å²) in [7, 11) is -2.82. The van der Waals surface area contributed by atoms with Gasteiger partial charge in [-0.1, -0.05) is 29.8 Å². The molecule has 1 heterocycles. The van der Waals surface area contributed by atoms with E-state index >= 15 is 0 Å². The first-order valence-electron chi connectivity index (χ1n) is 8.18. The Balaban J connectivity index is 1.81. The van der Waals surface area contributed by atoms with Crippen LogP contribution in [0.15, 0.2) is 29.3 Å². The van der Waals surface area contributed by atoms with Crippen LogP contribution in [-0.4, -0.2) is 63.5 Å². The van der Waals surface area contributed by atoms with Gasteiger partial charge in [0, 0.05) is 37.7 Å². The molecule has 0 bridgehead atoms. The van der Waals surface area contributed by atoms with Crippen LogP contribution in [0, 0.1) is 0 Å². The number of hydrogen-bond acceptors (Lipinski definition) is 4. The number of rotatable bonds is 6. The number of sulfone groups is 1. The van der Waals surface area contributed by atoms with Crippen molar-refractivity contribution < 1.29 is 8.42 Å². The van der Waals surface area contributed by atoms with Crippen LogP contribution >= 0.6 is 11.6 Å². The number of benzene rings is 1. The van der Waals surface area contributed by atoms with Gasteiger partial charge < -0.3 is 10.6 Å². The summed E-state index contributed by atoms with van der Waals surface area (Å²) in [6, 6.07) is 7.67. The van der Waals surface area contributed by atoms with Gasteiger partial charge in [0.1, 0.15) is 0 Å². The van der Waals surface area contributed by atoms with Crippen molar-refractivity contribution in [3.63, 3.8) is 0 Å². The summed E-state index contributed by atoms with van der Waals surface area (Å²) in [5, 5.41) is 7.20. The number of nitrogens with zero attached hydrogens (tertiary/aromatic N) is 2. The fraction of sp³-hybridized carbons (Fsp3) is 0.562. The first-order chi connectivity index (χ1) is 11.5. The summed E-state index contributed by atoms with van der Waals surface area (Å²) in [6.45, 7) is 6.03. The number of guanidine groups is 1. The van der Waals surface area contributed by atoms with Gasteiger partial charge in [0.2, 0.25) is 0 Å². The lowest BCUT2D eigenvalue weighted by molar-refractivity contribution is 0.299. The summed E-state index contributed by atoms with van der Waals surface area (Å²) in [5.74, 6) is 1.25. The molecule has 1 fully saturated rings. The first kappa shape index (κ1) is 19.0. The maximum absolute atomic E-state index is 11.4. The Kier molecular flexibility index (Phi) is 7.33. The number of aliphatic imine (C=N–C) groups is 1. The molecule has 0 radical (unpaired) electrons. The Bertz CT molecular complexity index is 650. The van der Waals surface area contributed by atoms with Gasteiger partial charge in [0.15, 0.2) is 15.8 Å². The third-order valence-electron chi connectivity index (χ3n) is 3.87. The van der Waals surface area contributed by atoms with Crippen molar-refractivity contribution in [3.05, 3.63) is 34.9 Å². The molecule has 6 nitrogen and oxygen atoms in total. The largest absolute Gasteiger partial charge is 0.357 e. The smallest absolute Gasteiger partial charge is 0.191 e. The van der Waals surface area contributed by atoms with E-state index in [0.29, 0.717) is 31.2 Å². The maximum atomic E-state index is 11.4. The Morgan fingerprint density at radius 2 is 1.96 bits per heavy atom. The molecule has 1 aliphatic rings. The Morgan fingerprint density at radius 3 is 2.62 bits per heavy atom. The molecule has 0 saturated carbocycles. The van der Waals surface area contributed by atoms with E-state index in [0.717, 1.165) is 24.6 Å². The highest BCUT2D eigenvalue weighted by Gasteiger charge is 2.20. The van der Waals surface area contributed by atoms with E-state index < -0.39 is 9.84 Å². The highest BCUT2D eigenvalue weighted by molar-refractivity contribution is 7.91. The predicted molar refractivity (Wildman–Crippen MR) is 99.4 cm³/mol. The van der Waals surface area contributed by atoms with Crippen LogP contribution in [0.2, 0.25) is 5.02 Å². The molecule has 8 heteroatoms. The molecule has 2 rings (SSSR count). The second-order valence-electron chi connectivity index (χ2n) is 5.71. The average molecular weight is 373 g/mol. The van der Waals surface area contributed by atoms with Crippen LogP contribution in [0.4, 0.5) is 0 Å². The van der Waals surface area contributed by atoms with Crippen molar-refractivity contribution in [2.45, 2.75) is 13.5 Å². The van der Waals surface area contributed by atoms with Crippen LogP contribution in [0.3, 0.4) is 0 Å². The fourth-order valence-corrected chi connectivity index (χ4v) is 3.91. The van der Waals surface area contributed by atoms with E-state index in [9.17, 15) is 8.42 Å². The molecule has 24 heavy (non-hydrogen) atoms. The van der Waals surface area contributed by atoms with E-state index in [4.69, 9.17) is 11.6 Å². The van der Waals surface area contributed by atoms with Gasteiger partial charge in [-0.05, 0) is 18.6 Å². The first-order valence-corrected chi connectivity index (χ1v) is 10.4. The van der Waals surface area contributed by atoms with Crippen molar-refractivity contribution in [3.8, 4) is 0 Å². The number of hydrogen-bond donors (Lipinski definition) is 2. The second kappa shape index (κ2) is 9.25. The van der Waals surface area contributed by atoms with E-state index in [-0.39, 0.29) is 11.5 Å². The molecule has 0 aromatic heterocycles. The molecule has 0 aliphatic carbocycles. The van der Waals surface area contributed by atoms with Gasteiger partial charge in [-0.2, -0.15) is 0 Å². The SMILES string of the molecule is CCNC(=NCc1ccccc1Cl)NCCN1CCS(=O)(=O)CC1. The maximum Gasteiger partial charge on any atom is 0.191 e. The monoisotopic (exact) mass is 372 g/mol. The molecule has 1 aromatic rings. The van der Waals surface area contributed by atoms with Crippen molar-refractivity contribution >= 4 is 27.4 Å². The van der Waals surface area contributed by atoms with Gasteiger partial charge in [-0.15, -0.1) is 0 Å². The van der Waals surface area contributed by atoms with Crippen LogP contribution in [-0.2, 0) is 16.4 Å². The Morgan fingerprint density at radius 1 is 1.25 bits per heavy atom. The number of halogens is 1. The summed E-state index contributed by atoms with van der Waals surface area (Å²) in [4.78, 5) is 6.70. The fourth-order valence-electron chi connectivity index (χ4n) is 2.44. The van der Waals surface area contributed by atoms with Gasteiger partial charge in [-0.3, -0.25) is 4.90 Å². The van der Waals surface area contributed by atoms with Gasteiger partial charge in [0.05, 0.1) is 18.1 Å². The normalized spacial score (nSPS) is 18.3. The summed E-state index contributed by atoms with van der Waals surface area (Å²) < 4.78 is 22.9. The van der Waals surface area contributed by atoms with Gasteiger partial charge in [0.25, 0.3) is 0 Å². The molecule has 0 amide bonds. The molecule has 1 aliphatic heterocycles. The molecule has 1 aromatic carbocycles. The van der Waals surface area contributed by atoms with Crippen LogP contribution in [0.25, 0.3) is 0 Å². The van der Waals surface area contributed by atoms with Gasteiger partial charge >= 0.3 is 0 Å². The third-order valence-corrected chi connectivity index (χ3v) is 5.84. The van der Waals surface area contributed by atoms with Crippen molar-refractivity contribution in [2.24, 2.45) is 4.99 Å². The lowest BCUT2D eigenvalue weighted by Gasteiger charge is -2.26. The standard InChI is InChI=1S/C16H25ClN4O2S/c1-2-18-16(20-13-14-5-3-4-6-15(14)17)19-7-8-21-9-11-24(22,23)12-10-21/h3-6H,2,7-13H2,1H3,(H2,18,19,20). The second-order valence-corrected chi connectivity index (χ2v) is 8.42. The topological polar surface area (TPSA) is 73.8 Å². The highest BCUT2D eigenvalue weighted by Crippen LogP contribution is 2.15. The molecule has 1 saturated heterocycles. The predicted octanol–water partition coefficient (Wildman–Crippen LogP) is 1.13. The Labute approximate surface area is 149 Å². The molecule has 0 atom stereocenters. The number of nitrogens with one attached hydrogen (secondary N) is 2. The highest BCUT2D eigenvalue weighted by atomic mass is 35.5. The minimum Gasteiger partial charge on any atom is -0.357 e. The lowest BCUT2D eigenvalue weighted by atomic mass is 10.2. The molecular formula is C16H25ClN4O2S. The van der Waals surface area contributed by atoms with Crippen molar-refractivity contribution in [1.82, 2.24) is 15.5 Å². The van der Waals surface area contributed by atoms with E-state index in [1.807, 2.05) is 31.2 Å². The van der Waals surface area contributed by atoms with Gasteiger partial charge in [-0.25, -0.2) is 13.4 Å². The van der Waals surface area contributed by atoms with Crippen molar-refractivity contribution in [2.75, 3.05) is 44.2 Å². The zero-order valence-corrected chi connectivity index (χ0v) is 15.5. The minimum atomic E-state index is -2.82. The average Bonchev–Trinajstić information content (AvgIpc) is 2.55. The van der Waals surface area contributed by atoms with Crippen molar-refractivity contribution in [1.29, 1.82) is 0 Å². The zero-order valence-electron chi connectivity index (χ0n) is 14.0. The van der Waals surface area contributed by atoms with Crippen LogP contribution in [0.1, 0.15) is 12.5 Å². The summed E-state index contributed by atoms with van der Waals surface area (Å²) in [6.07, 6.45) is 0. The van der Waals surface area contributed by atoms with Crippen LogP contribution < -0.4 is 10.6 Å². The van der Waals surface area contributed by atoms with Crippen LogP contribution in [0.5, 0.6) is 0 Å². The molecule has 0 unspecified atom stereocenters. The van der Waals surface area contributed by atoms with E-state index in [1.54, 1.807) is 0 Å². The molecule has 134 valence electrons. The summed E-state index contributed by atoms with van der Waals surface area (Å²) >= 11 is 6.15. The van der Waals surface area contributed by atoms with E-state index in [2.05, 4.69) is 20.5 Å². The minimum absolute atomic E-state index is 0.258. The lowest BCUT2D eigenvalue weighted by Crippen LogP contribution is -2.45. The zero-order chi connectivity index (χ0) is 17.4. The molecule has 0 spiro atoms. The third kappa shape index (κ3) is 6.30.